The zero-order valence-corrected chi connectivity index (χ0v) is 12.6. The number of rotatable bonds is 4. The third kappa shape index (κ3) is 2.85. The minimum Gasteiger partial charge on any atom is -0.477 e. The number of fused-ring (bicyclic) bond motifs is 1. The van der Waals surface area contributed by atoms with Gasteiger partial charge in [0.2, 0.25) is 10.0 Å². The maximum atomic E-state index is 12.3. The molecule has 0 aliphatic heterocycles. The van der Waals surface area contributed by atoms with Gasteiger partial charge in [-0.05, 0) is 30.0 Å². The summed E-state index contributed by atoms with van der Waals surface area (Å²) in [6, 6.07) is 8.88. The van der Waals surface area contributed by atoms with Crippen molar-refractivity contribution in [3.05, 3.63) is 51.7 Å². The molecule has 0 bridgehead atoms. The average molecular weight is 323 g/mol. The van der Waals surface area contributed by atoms with E-state index in [4.69, 9.17) is 5.11 Å². The maximum Gasteiger partial charge on any atom is 0.345 e. The molecule has 2 N–H and O–H groups in total. The van der Waals surface area contributed by atoms with Crippen molar-refractivity contribution in [3.63, 3.8) is 0 Å². The van der Waals surface area contributed by atoms with Gasteiger partial charge in [0.1, 0.15) is 4.88 Å². The van der Waals surface area contributed by atoms with Crippen LogP contribution in [-0.2, 0) is 22.9 Å². The lowest BCUT2D eigenvalue weighted by atomic mass is 10.1. The third-order valence-electron chi connectivity index (χ3n) is 3.47. The lowest BCUT2D eigenvalue weighted by molar-refractivity contribution is 0.0702. The molecule has 7 heteroatoms. The van der Waals surface area contributed by atoms with Crippen LogP contribution in [0.3, 0.4) is 0 Å². The Morgan fingerprint density at radius 2 is 1.86 bits per heavy atom. The summed E-state index contributed by atoms with van der Waals surface area (Å²) in [4.78, 5) is 10.9. The first kappa shape index (κ1) is 14.2. The summed E-state index contributed by atoms with van der Waals surface area (Å²) in [6.07, 6.45) is 1.32. The van der Waals surface area contributed by atoms with Crippen LogP contribution in [0.4, 0.5) is 0 Å². The normalized spacial score (nSPS) is 15.0. The smallest absolute Gasteiger partial charge is 0.345 e. The zero-order valence-electron chi connectivity index (χ0n) is 10.9. The predicted molar refractivity (Wildman–Crippen MR) is 79.2 cm³/mol. The van der Waals surface area contributed by atoms with Crippen LogP contribution in [0.25, 0.3) is 0 Å². The number of hydrogen-bond acceptors (Lipinski definition) is 4. The molecule has 3 rings (SSSR count). The highest BCUT2D eigenvalue weighted by Crippen LogP contribution is 2.24. The zero-order chi connectivity index (χ0) is 15.0. The molecule has 1 aliphatic rings. The summed E-state index contributed by atoms with van der Waals surface area (Å²) in [5.74, 6) is -1.12. The summed E-state index contributed by atoms with van der Waals surface area (Å²) >= 11 is 0.911. The molecule has 2 aromatic rings. The van der Waals surface area contributed by atoms with Gasteiger partial charge in [0.05, 0.1) is 4.90 Å². The van der Waals surface area contributed by atoms with E-state index in [9.17, 15) is 13.2 Å². The molecule has 0 saturated heterocycles. The van der Waals surface area contributed by atoms with Gasteiger partial charge in [-0.1, -0.05) is 24.3 Å². The summed E-state index contributed by atoms with van der Waals surface area (Å²) in [6.45, 7) is 0. The van der Waals surface area contributed by atoms with Crippen molar-refractivity contribution < 1.29 is 18.3 Å². The Kier molecular flexibility index (Phi) is 3.56. The molecule has 0 fully saturated rings. The Balaban J connectivity index is 1.77. The Bertz CT molecular complexity index is 770. The molecule has 5 nitrogen and oxygen atoms in total. The van der Waals surface area contributed by atoms with Crippen LogP contribution in [0, 0.1) is 0 Å². The van der Waals surface area contributed by atoms with Gasteiger partial charge in [-0.25, -0.2) is 17.9 Å². The van der Waals surface area contributed by atoms with Gasteiger partial charge in [-0.15, -0.1) is 11.3 Å². The molecule has 0 saturated carbocycles. The first-order valence-corrected chi connectivity index (χ1v) is 8.73. The number of carboxylic acids is 1. The molecule has 110 valence electrons. The quantitative estimate of drug-likeness (QED) is 0.900. The van der Waals surface area contributed by atoms with Crippen molar-refractivity contribution in [1.82, 2.24) is 4.72 Å². The van der Waals surface area contributed by atoms with Gasteiger partial charge in [0, 0.05) is 11.4 Å². The average Bonchev–Trinajstić information content (AvgIpc) is 3.04. The summed E-state index contributed by atoms with van der Waals surface area (Å²) < 4.78 is 27.2. The summed E-state index contributed by atoms with van der Waals surface area (Å²) in [7, 11) is -3.68. The van der Waals surface area contributed by atoms with Gasteiger partial charge in [-0.3, -0.25) is 0 Å². The second-order valence-corrected chi connectivity index (χ2v) is 7.57. The van der Waals surface area contributed by atoms with Crippen LogP contribution in [0.5, 0.6) is 0 Å². The first-order valence-electron chi connectivity index (χ1n) is 6.36. The number of hydrogen-bond donors (Lipinski definition) is 2. The summed E-state index contributed by atoms with van der Waals surface area (Å²) in [5.41, 5.74) is 2.31. The van der Waals surface area contributed by atoms with Crippen LogP contribution in [0.2, 0.25) is 0 Å². The number of benzene rings is 1. The molecule has 1 heterocycles. The minimum absolute atomic E-state index is 0.0147. The monoisotopic (exact) mass is 323 g/mol. The van der Waals surface area contributed by atoms with Crippen molar-refractivity contribution in [3.8, 4) is 0 Å². The van der Waals surface area contributed by atoms with Crippen LogP contribution >= 0.6 is 11.3 Å². The molecule has 0 unspecified atom stereocenters. The summed E-state index contributed by atoms with van der Waals surface area (Å²) in [5, 5.41) is 10.2. The van der Waals surface area contributed by atoms with E-state index in [2.05, 4.69) is 4.72 Å². The van der Waals surface area contributed by atoms with E-state index in [0.29, 0.717) is 12.8 Å². The van der Waals surface area contributed by atoms with E-state index in [0.717, 1.165) is 22.5 Å². The highest BCUT2D eigenvalue weighted by Gasteiger charge is 2.27. The van der Waals surface area contributed by atoms with Crippen molar-refractivity contribution in [2.24, 2.45) is 0 Å². The number of sulfonamides is 1. The Morgan fingerprint density at radius 3 is 2.38 bits per heavy atom. The van der Waals surface area contributed by atoms with Crippen LogP contribution in [-0.4, -0.2) is 25.5 Å². The highest BCUT2D eigenvalue weighted by atomic mass is 32.2. The van der Waals surface area contributed by atoms with E-state index < -0.39 is 16.0 Å². The standard InChI is InChI=1S/C14H13NO4S2/c16-14(17)13-7-12(8-20-13)21(18,19)15-11-5-9-3-1-2-4-10(9)6-11/h1-4,7-8,11,15H,5-6H2,(H,16,17). The fraction of sp³-hybridized carbons (Fsp3) is 0.214. The number of carboxylic acid groups (broad SMARTS) is 1. The Hall–Kier alpha value is -1.70. The van der Waals surface area contributed by atoms with E-state index in [1.54, 1.807) is 0 Å². The maximum absolute atomic E-state index is 12.3. The van der Waals surface area contributed by atoms with Gasteiger partial charge in [0.25, 0.3) is 0 Å². The fourth-order valence-electron chi connectivity index (χ4n) is 2.50. The van der Waals surface area contributed by atoms with E-state index in [-0.39, 0.29) is 15.8 Å². The number of nitrogens with one attached hydrogen (secondary N) is 1. The third-order valence-corrected chi connectivity index (χ3v) is 6.04. The van der Waals surface area contributed by atoms with E-state index in [1.165, 1.54) is 11.4 Å². The number of aromatic carboxylic acids is 1. The Morgan fingerprint density at radius 1 is 1.24 bits per heavy atom. The van der Waals surface area contributed by atoms with Crippen molar-refractivity contribution in [1.29, 1.82) is 0 Å². The largest absolute Gasteiger partial charge is 0.477 e. The molecule has 0 atom stereocenters. The molecule has 0 spiro atoms. The second kappa shape index (κ2) is 5.25. The fourth-order valence-corrected chi connectivity index (χ4v) is 4.85. The number of thiophene rings is 1. The molecule has 1 aromatic heterocycles. The second-order valence-electron chi connectivity index (χ2n) is 4.95. The van der Waals surface area contributed by atoms with Crippen molar-refractivity contribution in [2.45, 2.75) is 23.8 Å². The van der Waals surface area contributed by atoms with Gasteiger partial charge in [-0.2, -0.15) is 0 Å². The molecular formula is C14H13NO4S2. The lowest BCUT2D eigenvalue weighted by Crippen LogP contribution is -2.35. The molecule has 1 aromatic carbocycles. The van der Waals surface area contributed by atoms with Crippen molar-refractivity contribution >= 4 is 27.3 Å². The highest BCUT2D eigenvalue weighted by molar-refractivity contribution is 7.89. The minimum atomic E-state index is -3.68. The van der Waals surface area contributed by atoms with Gasteiger partial charge >= 0.3 is 5.97 Å². The van der Waals surface area contributed by atoms with Crippen LogP contribution in [0.1, 0.15) is 20.8 Å². The topological polar surface area (TPSA) is 83.5 Å². The van der Waals surface area contributed by atoms with Crippen LogP contribution in [0.15, 0.2) is 40.6 Å². The SMILES string of the molecule is O=C(O)c1cc(S(=O)(=O)NC2Cc3ccccc3C2)cs1. The lowest BCUT2D eigenvalue weighted by Gasteiger charge is -2.11. The van der Waals surface area contributed by atoms with Gasteiger partial charge < -0.3 is 5.11 Å². The molecular weight excluding hydrogens is 310 g/mol. The first-order chi connectivity index (χ1) is 9.95. The Labute approximate surface area is 126 Å². The van der Waals surface area contributed by atoms with Gasteiger partial charge in [0.15, 0.2) is 0 Å². The molecule has 0 radical (unpaired) electrons. The predicted octanol–water partition coefficient (Wildman–Crippen LogP) is 1.89. The van der Waals surface area contributed by atoms with Crippen molar-refractivity contribution in [2.75, 3.05) is 0 Å². The van der Waals surface area contributed by atoms with Crippen LogP contribution < -0.4 is 4.72 Å². The number of carbonyl (C=O) groups is 1. The molecule has 21 heavy (non-hydrogen) atoms. The van der Waals surface area contributed by atoms with E-state index in [1.807, 2.05) is 24.3 Å². The molecule has 0 amide bonds. The molecule has 1 aliphatic carbocycles. The van der Waals surface area contributed by atoms with E-state index >= 15 is 0 Å².